The fourth-order valence-corrected chi connectivity index (χ4v) is 5.39. The summed E-state index contributed by atoms with van der Waals surface area (Å²) in [6.07, 6.45) is 7.58. The van der Waals surface area contributed by atoms with Crippen LogP contribution in [0.15, 0.2) is 42.5 Å². The van der Waals surface area contributed by atoms with Crippen LogP contribution in [-0.2, 0) is 14.4 Å². The predicted molar refractivity (Wildman–Crippen MR) is 126 cm³/mol. The van der Waals surface area contributed by atoms with E-state index in [-0.39, 0.29) is 17.9 Å². The van der Waals surface area contributed by atoms with Gasteiger partial charge in [0.1, 0.15) is 5.54 Å². The van der Waals surface area contributed by atoms with E-state index in [1.54, 1.807) is 11.9 Å². The molecule has 0 spiro atoms. The molecule has 10 heteroatoms. The van der Waals surface area contributed by atoms with Crippen LogP contribution in [0.4, 0.5) is 0 Å². The van der Waals surface area contributed by atoms with Crippen molar-refractivity contribution in [2.75, 3.05) is 13.6 Å². The summed E-state index contributed by atoms with van der Waals surface area (Å²) in [6.45, 7) is 0.615. The number of carbonyl (C=O) groups is 3. The standard InChI is InChI=1S/C25H30N6O4/c1-30-12-8-3-2-7-11-17-15-25(17,24(34)35)26-22(32)19-13-18(14-20(19)23(30)33)31-28-21(27-29-31)16-9-5-4-6-10-16/h4-7,9-11,17-20H,2-3,8,12-15H2,1H3,(H,26,32)(H,34,35)/b11-7+. The van der Waals surface area contributed by atoms with E-state index in [2.05, 4.69) is 20.7 Å². The molecule has 10 nitrogen and oxygen atoms in total. The zero-order valence-electron chi connectivity index (χ0n) is 19.7. The van der Waals surface area contributed by atoms with Crippen LogP contribution in [-0.4, -0.2) is 67.1 Å². The molecule has 35 heavy (non-hydrogen) atoms. The smallest absolute Gasteiger partial charge is 0.330 e. The molecule has 2 fully saturated rings. The van der Waals surface area contributed by atoms with Crippen LogP contribution in [0.3, 0.4) is 0 Å². The van der Waals surface area contributed by atoms with Crippen LogP contribution >= 0.6 is 0 Å². The number of allylic oxidation sites excluding steroid dienone is 1. The van der Waals surface area contributed by atoms with Crippen LogP contribution in [0, 0.1) is 17.8 Å². The Hall–Kier alpha value is -3.56. The molecular weight excluding hydrogens is 448 g/mol. The van der Waals surface area contributed by atoms with Crippen molar-refractivity contribution in [2.24, 2.45) is 17.8 Å². The highest BCUT2D eigenvalue weighted by molar-refractivity contribution is 5.94. The van der Waals surface area contributed by atoms with Crippen molar-refractivity contribution in [3.63, 3.8) is 0 Å². The molecule has 1 aromatic carbocycles. The number of amides is 2. The Labute approximate surface area is 203 Å². The normalized spacial score (nSPS) is 32.2. The first-order valence-corrected chi connectivity index (χ1v) is 12.2. The lowest BCUT2D eigenvalue weighted by molar-refractivity contribution is -0.145. The van der Waals surface area contributed by atoms with Gasteiger partial charge in [-0.05, 0) is 43.7 Å². The first-order valence-electron chi connectivity index (χ1n) is 12.2. The van der Waals surface area contributed by atoms with E-state index < -0.39 is 29.3 Å². The number of tetrazole rings is 1. The van der Waals surface area contributed by atoms with Gasteiger partial charge in [-0.1, -0.05) is 42.5 Å². The fourth-order valence-electron chi connectivity index (χ4n) is 5.39. The molecule has 5 atom stereocenters. The van der Waals surface area contributed by atoms with Gasteiger partial charge in [0.2, 0.25) is 17.6 Å². The van der Waals surface area contributed by atoms with Gasteiger partial charge in [0, 0.05) is 25.1 Å². The highest BCUT2D eigenvalue weighted by atomic mass is 16.4. The maximum Gasteiger partial charge on any atom is 0.330 e. The number of carboxylic acids is 1. The highest BCUT2D eigenvalue weighted by Gasteiger charge is 2.61. The SMILES string of the molecule is CN1CCCC/C=C/C2CC2(C(=O)O)NC(=O)C2CC(n3nnc(-c4ccccc4)n3)CC2C1=O. The number of hydrogen-bond donors (Lipinski definition) is 2. The Kier molecular flexibility index (Phi) is 6.12. The number of nitrogens with zero attached hydrogens (tertiary/aromatic N) is 5. The molecule has 0 bridgehead atoms. The molecule has 2 heterocycles. The molecule has 2 amide bonds. The van der Waals surface area contributed by atoms with Gasteiger partial charge in [-0.3, -0.25) is 9.59 Å². The third kappa shape index (κ3) is 4.44. The number of rotatable bonds is 3. The molecule has 2 aromatic rings. The molecule has 0 saturated heterocycles. The van der Waals surface area contributed by atoms with E-state index in [4.69, 9.17) is 0 Å². The lowest BCUT2D eigenvalue weighted by atomic mass is 9.93. The summed E-state index contributed by atoms with van der Waals surface area (Å²) in [5.74, 6) is -2.50. The van der Waals surface area contributed by atoms with Crippen LogP contribution in [0.5, 0.6) is 0 Å². The third-order valence-corrected chi connectivity index (χ3v) is 7.58. The quantitative estimate of drug-likeness (QED) is 0.646. The van der Waals surface area contributed by atoms with E-state index in [9.17, 15) is 19.5 Å². The average Bonchev–Trinajstić information content (AvgIpc) is 3.18. The first kappa shape index (κ1) is 23.2. The summed E-state index contributed by atoms with van der Waals surface area (Å²) in [7, 11) is 1.77. The summed E-state index contributed by atoms with van der Waals surface area (Å²) in [4.78, 5) is 42.1. The van der Waals surface area contributed by atoms with Crippen LogP contribution < -0.4 is 5.32 Å². The second-order valence-electron chi connectivity index (χ2n) is 9.90. The Morgan fingerprint density at radius 3 is 2.69 bits per heavy atom. The molecule has 184 valence electrons. The molecule has 1 aliphatic heterocycles. The highest BCUT2D eigenvalue weighted by Crippen LogP contribution is 2.47. The molecule has 3 aliphatic rings. The Bertz CT molecular complexity index is 1150. The minimum atomic E-state index is -1.29. The van der Waals surface area contributed by atoms with Crippen LogP contribution in [0.1, 0.15) is 44.6 Å². The third-order valence-electron chi connectivity index (χ3n) is 7.58. The van der Waals surface area contributed by atoms with Crippen molar-refractivity contribution in [1.82, 2.24) is 30.4 Å². The number of carboxylic acid groups (broad SMARTS) is 1. The van der Waals surface area contributed by atoms with E-state index >= 15 is 0 Å². The van der Waals surface area contributed by atoms with Crippen LogP contribution in [0.2, 0.25) is 0 Å². The predicted octanol–water partition coefficient (Wildman–Crippen LogP) is 2.07. The number of nitrogens with one attached hydrogen (secondary N) is 1. The second kappa shape index (κ2) is 9.24. The minimum absolute atomic E-state index is 0.0969. The zero-order valence-corrected chi connectivity index (χ0v) is 19.7. The maximum absolute atomic E-state index is 13.4. The Morgan fingerprint density at radius 2 is 1.91 bits per heavy atom. The van der Waals surface area contributed by atoms with Gasteiger partial charge in [-0.15, -0.1) is 10.2 Å². The summed E-state index contributed by atoms with van der Waals surface area (Å²) in [5.41, 5.74) is -0.457. The van der Waals surface area contributed by atoms with Gasteiger partial charge in [-0.25, -0.2) is 4.79 Å². The lowest BCUT2D eigenvalue weighted by Gasteiger charge is -2.26. The van der Waals surface area contributed by atoms with E-state index in [1.807, 2.05) is 42.5 Å². The Balaban J connectivity index is 1.41. The number of benzene rings is 1. The molecule has 5 rings (SSSR count). The van der Waals surface area contributed by atoms with Crippen molar-refractivity contribution in [3.8, 4) is 11.4 Å². The summed E-state index contributed by atoms with van der Waals surface area (Å²) >= 11 is 0. The second-order valence-corrected chi connectivity index (χ2v) is 9.90. The van der Waals surface area contributed by atoms with Crippen LogP contribution in [0.25, 0.3) is 11.4 Å². The number of fused-ring (bicyclic) bond motifs is 2. The van der Waals surface area contributed by atoms with Gasteiger partial charge < -0.3 is 15.3 Å². The topological polar surface area (TPSA) is 130 Å². The molecule has 2 saturated carbocycles. The van der Waals surface area contributed by atoms with Gasteiger partial charge >= 0.3 is 5.97 Å². The summed E-state index contributed by atoms with van der Waals surface area (Å²) in [6, 6.07) is 9.20. The maximum atomic E-state index is 13.4. The molecule has 2 aliphatic carbocycles. The van der Waals surface area contributed by atoms with Crippen molar-refractivity contribution >= 4 is 17.8 Å². The van der Waals surface area contributed by atoms with Gasteiger partial charge in [0.25, 0.3) is 0 Å². The van der Waals surface area contributed by atoms with Crippen molar-refractivity contribution < 1.29 is 19.5 Å². The van der Waals surface area contributed by atoms with Gasteiger partial charge in [0.05, 0.1) is 17.9 Å². The number of aliphatic carboxylic acids is 1. The first-order chi connectivity index (χ1) is 16.9. The van der Waals surface area contributed by atoms with Crippen molar-refractivity contribution in [1.29, 1.82) is 0 Å². The van der Waals surface area contributed by atoms with Gasteiger partial charge in [-0.2, -0.15) is 4.80 Å². The molecular formula is C25H30N6O4. The van der Waals surface area contributed by atoms with Crippen molar-refractivity contribution in [3.05, 3.63) is 42.5 Å². The fraction of sp³-hybridized carbons (Fsp3) is 0.520. The van der Waals surface area contributed by atoms with E-state index in [1.165, 1.54) is 4.80 Å². The number of carbonyl (C=O) groups excluding carboxylic acids is 2. The largest absolute Gasteiger partial charge is 0.479 e. The zero-order chi connectivity index (χ0) is 24.6. The molecule has 0 radical (unpaired) electrons. The number of hydrogen-bond acceptors (Lipinski definition) is 6. The monoisotopic (exact) mass is 478 g/mol. The molecule has 1 aromatic heterocycles. The number of aromatic nitrogens is 4. The van der Waals surface area contributed by atoms with Gasteiger partial charge in [0.15, 0.2) is 0 Å². The average molecular weight is 479 g/mol. The molecule has 5 unspecified atom stereocenters. The van der Waals surface area contributed by atoms with E-state index in [0.717, 1.165) is 24.8 Å². The molecule has 2 N–H and O–H groups in total. The summed E-state index contributed by atoms with van der Waals surface area (Å²) < 4.78 is 0. The summed E-state index contributed by atoms with van der Waals surface area (Å²) in [5, 5.41) is 25.6. The van der Waals surface area contributed by atoms with E-state index in [0.29, 0.717) is 31.6 Å². The van der Waals surface area contributed by atoms with Crippen molar-refractivity contribution in [2.45, 2.75) is 50.1 Å². The Morgan fingerprint density at radius 1 is 1.14 bits per heavy atom. The lowest BCUT2D eigenvalue weighted by Crippen LogP contribution is -2.49. The minimum Gasteiger partial charge on any atom is -0.479 e.